The number of nitrogens with two attached hydrogens (primary N) is 1. The fourth-order valence-electron chi connectivity index (χ4n) is 3.74. The first-order valence-corrected chi connectivity index (χ1v) is 11.4. The zero-order chi connectivity index (χ0) is 23.5. The maximum absolute atomic E-state index is 13.4. The normalized spacial score (nSPS) is 19.4. The molecular formula is C21H27F2N3O5S. The Balaban J connectivity index is 1.73. The van der Waals surface area contributed by atoms with Crippen molar-refractivity contribution < 1.29 is 31.8 Å². The van der Waals surface area contributed by atoms with Crippen LogP contribution in [-0.4, -0.2) is 69.9 Å². The number of nitrogens with zero attached hydrogens (tertiary/aromatic N) is 1. The third kappa shape index (κ3) is 5.36. The highest BCUT2D eigenvalue weighted by Gasteiger charge is 2.35. The van der Waals surface area contributed by atoms with Crippen LogP contribution in [0, 0.1) is 11.6 Å². The van der Waals surface area contributed by atoms with E-state index in [1.807, 2.05) is 0 Å². The summed E-state index contributed by atoms with van der Waals surface area (Å²) in [7, 11) is -1.01. The molecule has 0 spiro atoms. The molecule has 32 heavy (non-hydrogen) atoms. The number of piperazine rings is 1. The van der Waals surface area contributed by atoms with E-state index in [1.54, 1.807) is 0 Å². The van der Waals surface area contributed by atoms with E-state index < -0.39 is 39.8 Å². The number of hydrogen-bond donors (Lipinski definition) is 3. The lowest BCUT2D eigenvalue weighted by atomic mass is 9.96. The van der Waals surface area contributed by atoms with Crippen molar-refractivity contribution in [2.75, 3.05) is 33.9 Å². The Bertz CT molecular complexity index is 1030. The fourth-order valence-corrected chi connectivity index (χ4v) is 5.23. The molecule has 1 heterocycles. The minimum absolute atomic E-state index is 0.0243. The zero-order valence-electron chi connectivity index (χ0n) is 17.8. The van der Waals surface area contributed by atoms with Crippen LogP contribution in [0.25, 0.3) is 0 Å². The summed E-state index contributed by atoms with van der Waals surface area (Å²) in [5.41, 5.74) is 6.39. The van der Waals surface area contributed by atoms with E-state index >= 15 is 0 Å². The van der Waals surface area contributed by atoms with Crippen LogP contribution in [-0.2, 0) is 16.4 Å². The van der Waals surface area contributed by atoms with Gasteiger partial charge in [-0.15, -0.1) is 0 Å². The van der Waals surface area contributed by atoms with E-state index in [-0.39, 0.29) is 30.2 Å². The molecule has 0 bridgehead atoms. The van der Waals surface area contributed by atoms with Gasteiger partial charge in [0.1, 0.15) is 11.6 Å². The van der Waals surface area contributed by atoms with Gasteiger partial charge in [-0.1, -0.05) is 0 Å². The Kier molecular flexibility index (Phi) is 7.67. The van der Waals surface area contributed by atoms with Crippen molar-refractivity contribution in [1.29, 1.82) is 0 Å². The Morgan fingerprint density at radius 1 is 1.16 bits per heavy atom. The maximum atomic E-state index is 13.4. The molecule has 2 unspecified atom stereocenters. The largest absolute Gasteiger partial charge is 0.493 e. The summed E-state index contributed by atoms with van der Waals surface area (Å²) in [5.74, 6) is -0.779. The molecule has 11 heteroatoms. The monoisotopic (exact) mass is 471 g/mol. The molecule has 2 aromatic carbocycles. The number of hydrogen-bond acceptors (Lipinski definition) is 7. The number of halogens is 2. The molecule has 0 amide bonds. The van der Waals surface area contributed by atoms with Gasteiger partial charge in [0.15, 0.2) is 11.5 Å². The third-order valence-corrected chi connectivity index (χ3v) is 7.27. The predicted molar refractivity (Wildman–Crippen MR) is 114 cm³/mol. The number of nitrogens with one attached hydrogen (secondary N) is 1. The van der Waals surface area contributed by atoms with Crippen molar-refractivity contribution in [2.45, 2.75) is 29.5 Å². The molecule has 0 radical (unpaired) electrons. The number of aliphatic hydroxyl groups excluding tert-OH is 1. The first kappa shape index (κ1) is 24.3. The SMILES string of the molecule is COc1ccc(S(=O)(=O)N2CCNC([C@@H](O)C(N)Cc3cc(F)cc(F)c3)C2)cc1OC. The summed E-state index contributed by atoms with van der Waals surface area (Å²) in [6.45, 7) is 0.475. The highest BCUT2D eigenvalue weighted by molar-refractivity contribution is 7.89. The minimum Gasteiger partial charge on any atom is -0.493 e. The highest BCUT2D eigenvalue weighted by Crippen LogP contribution is 2.31. The van der Waals surface area contributed by atoms with Crippen molar-refractivity contribution in [3.05, 3.63) is 53.6 Å². The number of benzene rings is 2. The van der Waals surface area contributed by atoms with Crippen molar-refractivity contribution >= 4 is 10.0 Å². The summed E-state index contributed by atoms with van der Waals surface area (Å²) in [5, 5.41) is 13.8. The maximum Gasteiger partial charge on any atom is 0.243 e. The smallest absolute Gasteiger partial charge is 0.243 e. The topological polar surface area (TPSA) is 114 Å². The van der Waals surface area contributed by atoms with Gasteiger partial charge in [-0.05, 0) is 36.2 Å². The Morgan fingerprint density at radius 2 is 1.81 bits per heavy atom. The van der Waals surface area contributed by atoms with E-state index in [2.05, 4.69) is 5.32 Å². The molecule has 1 aliphatic rings. The Hall–Kier alpha value is -2.31. The predicted octanol–water partition coefficient (Wildman–Crippen LogP) is 0.875. The van der Waals surface area contributed by atoms with E-state index in [0.717, 1.165) is 18.2 Å². The van der Waals surface area contributed by atoms with Crippen LogP contribution in [0.5, 0.6) is 11.5 Å². The van der Waals surface area contributed by atoms with Gasteiger partial charge < -0.3 is 25.6 Å². The number of sulfonamides is 1. The number of methoxy groups -OCH3 is 2. The van der Waals surface area contributed by atoms with Crippen LogP contribution in [0.2, 0.25) is 0 Å². The second-order valence-electron chi connectivity index (χ2n) is 7.58. The molecule has 8 nitrogen and oxygen atoms in total. The van der Waals surface area contributed by atoms with Crippen molar-refractivity contribution in [1.82, 2.24) is 9.62 Å². The van der Waals surface area contributed by atoms with E-state index in [9.17, 15) is 22.3 Å². The lowest BCUT2D eigenvalue weighted by Gasteiger charge is -2.37. The average molecular weight is 472 g/mol. The lowest BCUT2D eigenvalue weighted by molar-refractivity contribution is 0.0799. The average Bonchev–Trinajstić information content (AvgIpc) is 2.77. The lowest BCUT2D eigenvalue weighted by Crippen LogP contribution is -2.60. The third-order valence-electron chi connectivity index (χ3n) is 5.41. The number of rotatable bonds is 8. The molecule has 0 saturated carbocycles. The van der Waals surface area contributed by atoms with Crippen LogP contribution < -0.4 is 20.5 Å². The summed E-state index contributed by atoms with van der Waals surface area (Å²) in [6.07, 6.45) is -1.12. The van der Waals surface area contributed by atoms with Gasteiger partial charge in [0.25, 0.3) is 0 Å². The van der Waals surface area contributed by atoms with E-state index in [4.69, 9.17) is 15.2 Å². The van der Waals surface area contributed by atoms with E-state index in [0.29, 0.717) is 17.9 Å². The van der Waals surface area contributed by atoms with Gasteiger partial charge in [0.05, 0.1) is 25.2 Å². The van der Waals surface area contributed by atoms with Crippen molar-refractivity contribution in [3.8, 4) is 11.5 Å². The van der Waals surface area contributed by atoms with Gasteiger partial charge in [0.2, 0.25) is 10.0 Å². The second kappa shape index (κ2) is 10.1. The Labute approximate surface area is 186 Å². The van der Waals surface area contributed by atoms with E-state index in [1.165, 1.54) is 36.7 Å². The van der Waals surface area contributed by atoms with Gasteiger partial charge in [-0.2, -0.15) is 4.31 Å². The molecule has 1 saturated heterocycles. The van der Waals surface area contributed by atoms with Crippen LogP contribution >= 0.6 is 0 Å². The highest BCUT2D eigenvalue weighted by atomic mass is 32.2. The van der Waals surface area contributed by atoms with Gasteiger partial charge in [-0.25, -0.2) is 17.2 Å². The van der Waals surface area contributed by atoms with Crippen LogP contribution in [0.3, 0.4) is 0 Å². The quantitative estimate of drug-likeness (QED) is 0.524. The van der Waals surface area contributed by atoms with Crippen LogP contribution in [0.1, 0.15) is 5.56 Å². The van der Waals surface area contributed by atoms with Gasteiger partial charge in [-0.3, -0.25) is 0 Å². The molecule has 0 aromatic heterocycles. The second-order valence-corrected chi connectivity index (χ2v) is 9.51. The molecule has 4 N–H and O–H groups in total. The van der Waals surface area contributed by atoms with Gasteiger partial charge in [0, 0.05) is 43.9 Å². The molecular weight excluding hydrogens is 444 g/mol. The molecule has 176 valence electrons. The van der Waals surface area contributed by atoms with Gasteiger partial charge >= 0.3 is 0 Å². The molecule has 0 aliphatic carbocycles. The molecule has 3 rings (SSSR count). The zero-order valence-corrected chi connectivity index (χ0v) is 18.6. The molecule has 1 fully saturated rings. The molecule has 1 aliphatic heterocycles. The first-order chi connectivity index (χ1) is 15.1. The van der Waals surface area contributed by atoms with Crippen LogP contribution in [0.15, 0.2) is 41.3 Å². The number of aliphatic hydroxyl groups is 1. The standard InChI is InChI=1S/C21H27F2N3O5S/c1-30-19-4-3-16(11-20(19)31-2)32(28,29)26-6-5-25-18(12-26)21(27)17(24)9-13-7-14(22)10-15(23)8-13/h3-4,7-8,10-11,17-18,21,25,27H,5-6,9,12,24H2,1-2H3/t17?,18?,21-/m0/s1. The first-order valence-electron chi connectivity index (χ1n) is 10.00. The summed E-state index contributed by atoms with van der Waals surface area (Å²) >= 11 is 0. The fraction of sp³-hybridized carbons (Fsp3) is 0.429. The summed E-state index contributed by atoms with van der Waals surface area (Å²) in [6, 6.07) is 5.85. The van der Waals surface area contributed by atoms with Crippen LogP contribution in [0.4, 0.5) is 8.78 Å². The molecule has 2 aromatic rings. The Morgan fingerprint density at radius 3 is 2.44 bits per heavy atom. The summed E-state index contributed by atoms with van der Waals surface area (Å²) in [4.78, 5) is 0.0322. The van der Waals surface area contributed by atoms with Crippen molar-refractivity contribution in [3.63, 3.8) is 0 Å². The minimum atomic E-state index is -3.88. The summed E-state index contributed by atoms with van der Waals surface area (Å²) < 4.78 is 64.8. The number of ether oxygens (including phenoxy) is 2. The van der Waals surface area contributed by atoms with Crippen molar-refractivity contribution in [2.24, 2.45) is 5.73 Å². The molecule has 3 atom stereocenters.